The molecule has 0 bridgehead atoms. The number of fused-ring (bicyclic) bond motifs is 1. The molecule has 1 N–H and O–H groups in total. The Bertz CT molecular complexity index is 764. The van der Waals surface area contributed by atoms with E-state index in [1.165, 1.54) is 4.90 Å². The van der Waals surface area contributed by atoms with Crippen molar-refractivity contribution >= 4 is 22.8 Å². The molecule has 1 fully saturated rings. The first-order valence-corrected chi connectivity index (χ1v) is 7.64. The van der Waals surface area contributed by atoms with Gasteiger partial charge in [-0.2, -0.15) is 0 Å². The molecule has 1 amide bonds. The third-order valence-corrected chi connectivity index (χ3v) is 4.33. The minimum Gasteiger partial charge on any atom is -0.497 e. The van der Waals surface area contributed by atoms with Crippen molar-refractivity contribution in [3.63, 3.8) is 0 Å². The van der Waals surface area contributed by atoms with Crippen LogP contribution in [0.2, 0.25) is 0 Å². The Kier molecular flexibility index (Phi) is 3.98. The zero-order chi connectivity index (χ0) is 16.6. The number of piperidine rings is 1. The Labute approximate surface area is 133 Å². The second-order valence-electron chi connectivity index (χ2n) is 5.74. The van der Waals surface area contributed by atoms with Crippen LogP contribution in [-0.4, -0.2) is 41.6 Å². The van der Waals surface area contributed by atoms with Gasteiger partial charge in [-0.05, 0) is 44.4 Å². The maximum Gasteiger partial charge on any atom is 0.326 e. The third kappa shape index (κ3) is 2.65. The number of nitrogens with zero attached hydrogens (tertiary/aromatic N) is 1. The van der Waals surface area contributed by atoms with Crippen molar-refractivity contribution in [1.82, 2.24) is 4.90 Å². The second kappa shape index (κ2) is 5.95. The van der Waals surface area contributed by atoms with Crippen LogP contribution in [-0.2, 0) is 4.79 Å². The number of carbonyl (C=O) groups is 2. The van der Waals surface area contributed by atoms with E-state index in [-0.39, 0.29) is 5.91 Å². The number of aliphatic carboxylic acids is 1. The number of ether oxygens (including phenoxy) is 1. The molecule has 0 aliphatic carbocycles. The van der Waals surface area contributed by atoms with E-state index < -0.39 is 12.0 Å². The van der Waals surface area contributed by atoms with Gasteiger partial charge in [0.15, 0.2) is 0 Å². The zero-order valence-corrected chi connectivity index (χ0v) is 13.2. The van der Waals surface area contributed by atoms with E-state index in [0.717, 1.165) is 12.8 Å². The van der Waals surface area contributed by atoms with Crippen LogP contribution < -0.4 is 4.74 Å². The maximum absolute atomic E-state index is 13.0. The zero-order valence-electron chi connectivity index (χ0n) is 13.2. The number of hydrogen-bond acceptors (Lipinski definition) is 4. The quantitative estimate of drug-likeness (QED) is 0.941. The van der Waals surface area contributed by atoms with Gasteiger partial charge in [-0.25, -0.2) is 4.79 Å². The summed E-state index contributed by atoms with van der Waals surface area (Å²) in [5.41, 5.74) is 1.02. The minimum atomic E-state index is -0.957. The summed E-state index contributed by atoms with van der Waals surface area (Å²) in [5.74, 6) is -0.128. The highest BCUT2D eigenvalue weighted by atomic mass is 16.5. The van der Waals surface area contributed by atoms with Crippen LogP contribution in [0.4, 0.5) is 0 Å². The van der Waals surface area contributed by atoms with Gasteiger partial charge in [-0.15, -0.1) is 0 Å². The normalized spacial score (nSPS) is 18.2. The lowest BCUT2D eigenvalue weighted by atomic mass is 10.00. The fraction of sp³-hybridized carbons (Fsp3) is 0.412. The lowest BCUT2D eigenvalue weighted by Crippen LogP contribution is -2.48. The van der Waals surface area contributed by atoms with Crippen LogP contribution in [0, 0.1) is 6.92 Å². The number of furan rings is 1. The fourth-order valence-electron chi connectivity index (χ4n) is 3.17. The predicted molar refractivity (Wildman–Crippen MR) is 83.8 cm³/mol. The lowest BCUT2D eigenvalue weighted by molar-refractivity contribution is -0.143. The van der Waals surface area contributed by atoms with Crippen LogP contribution >= 0.6 is 0 Å². The van der Waals surface area contributed by atoms with E-state index >= 15 is 0 Å². The lowest BCUT2D eigenvalue weighted by Gasteiger charge is -2.32. The Morgan fingerprint density at radius 3 is 2.83 bits per heavy atom. The number of amides is 1. The van der Waals surface area contributed by atoms with Gasteiger partial charge in [-0.3, -0.25) is 4.79 Å². The van der Waals surface area contributed by atoms with Gasteiger partial charge in [0.05, 0.1) is 12.7 Å². The van der Waals surface area contributed by atoms with Gasteiger partial charge in [0.1, 0.15) is 23.1 Å². The van der Waals surface area contributed by atoms with Gasteiger partial charge in [0.25, 0.3) is 5.91 Å². The number of carboxylic acids is 1. The SMILES string of the molecule is COc1ccc2oc(C)c(C(=O)N3CCCC[C@H]3C(=O)O)c2c1. The van der Waals surface area contributed by atoms with Gasteiger partial charge < -0.3 is 19.2 Å². The van der Waals surface area contributed by atoms with Gasteiger partial charge in [0.2, 0.25) is 0 Å². The van der Waals surface area contributed by atoms with Crippen molar-refractivity contribution in [3.8, 4) is 5.75 Å². The molecule has 0 radical (unpaired) electrons. The molecule has 1 atom stereocenters. The largest absolute Gasteiger partial charge is 0.497 e. The van der Waals surface area contributed by atoms with E-state index in [4.69, 9.17) is 9.15 Å². The molecule has 6 heteroatoms. The molecule has 0 unspecified atom stereocenters. The summed E-state index contributed by atoms with van der Waals surface area (Å²) in [6, 6.07) is 4.49. The summed E-state index contributed by atoms with van der Waals surface area (Å²) in [7, 11) is 1.56. The van der Waals surface area contributed by atoms with Crippen molar-refractivity contribution in [3.05, 3.63) is 29.5 Å². The first-order valence-electron chi connectivity index (χ1n) is 7.64. The summed E-state index contributed by atoms with van der Waals surface area (Å²) in [5, 5.41) is 10.0. The molecule has 122 valence electrons. The van der Waals surface area contributed by atoms with Crippen molar-refractivity contribution < 1.29 is 23.8 Å². The fourth-order valence-corrected chi connectivity index (χ4v) is 3.17. The van der Waals surface area contributed by atoms with E-state index in [1.807, 2.05) is 0 Å². The Hall–Kier alpha value is -2.50. The van der Waals surface area contributed by atoms with Crippen LogP contribution in [0.25, 0.3) is 11.0 Å². The highest BCUT2D eigenvalue weighted by molar-refractivity contribution is 6.08. The number of benzene rings is 1. The number of aryl methyl sites for hydroxylation is 1. The topological polar surface area (TPSA) is 80.0 Å². The number of likely N-dealkylation sites (tertiary alicyclic amines) is 1. The van der Waals surface area contributed by atoms with Crippen LogP contribution in [0.5, 0.6) is 5.75 Å². The molecule has 0 saturated carbocycles. The van der Waals surface area contributed by atoms with Crippen molar-refractivity contribution in [2.75, 3.05) is 13.7 Å². The Morgan fingerprint density at radius 1 is 1.35 bits per heavy atom. The summed E-state index contributed by atoms with van der Waals surface area (Å²) < 4.78 is 10.9. The molecule has 1 saturated heterocycles. The maximum atomic E-state index is 13.0. The molecule has 1 aromatic carbocycles. The van der Waals surface area contributed by atoms with E-state index in [1.54, 1.807) is 32.2 Å². The highest BCUT2D eigenvalue weighted by Gasteiger charge is 2.34. The molecular weight excluding hydrogens is 298 g/mol. The Balaban J connectivity index is 2.06. The first-order chi connectivity index (χ1) is 11.0. The summed E-state index contributed by atoms with van der Waals surface area (Å²) in [6.07, 6.45) is 2.12. The van der Waals surface area contributed by atoms with Crippen LogP contribution in [0.15, 0.2) is 22.6 Å². The smallest absolute Gasteiger partial charge is 0.326 e. The van der Waals surface area contributed by atoms with Crippen molar-refractivity contribution in [1.29, 1.82) is 0 Å². The molecule has 0 spiro atoms. The second-order valence-corrected chi connectivity index (χ2v) is 5.74. The molecule has 1 aliphatic heterocycles. The number of methoxy groups -OCH3 is 1. The summed E-state index contributed by atoms with van der Waals surface area (Å²) >= 11 is 0. The first kappa shape index (κ1) is 15.4. The van der Waals surface area contributed by atoms with Crippen LogP contribution in [0.3, 0.4) is 0 Å². The van der Waals surface area contributed by atoms with E-state index in [2.05, 4.69) is 0 Å². The van der Waals surface area contributed by atoms with E-state index in [9.17, 15) is 14.7 Å². The number of carboxylic acid groups (broad SMARTS) is 1. The molecule has 1 aromatic heterocycles. The van der Waals surface area contributed by atoms with Gasteiger partial charge in [-0.1, -0.05) is 0 Å². The average molecular weight is 317 g/mol. The molecular formula is C17H19NO5. The molecule has 23 heavy (non-hydrogen) atoms. The third-order valence-electron chi connectivity index (χ3n) is 4.33. The monoisotopic (exact) mass is 317 g/mol. The molecule has 1 aliphatic rings. The highest BCUT2D eigenvalue weighted by Crippen LogP contribution is 2.31. The number of carbonyl (C=O) groups excluding carboxylic acids is 1. The molecule has 2 aromatic rings. The van der Waals surface area contributed by atoms with Gasteiger partial charge in [0, 0.05) is 11.9 Å². The average Bonchev–Trinajstić information content (AvgIpc) is 2.88. The van der Waals surface area contributed by atoms with Gasteiger partial charge >= 0.3 is 5.97 Å². The molecule has 3 rings (SSSR count). The number of hydrogen-bond donors (Lipinski definition) is 1. The van der Waals surface area contributed by atoms with Crippen molar-refractivity contribution in [2.45, 2.75) is 32.2 Å². The van der Waals surface area contributed by atoms with Crippen molar-refractivity contribution in [2.24, 2.45) is 0 Å². The standard InChI is InChI=1S/C17H19NO5/c1-10-15(12-9-11(22-2)6-7-14(12)23-10)16(19)18-8-4-3-5-13(18)17(20)21/h6-7,9,13H,3-5,8H2,1-2H3,(H,20,21)/t13-/m0/s1. The van der Waals surface area contributed by atoms with E-state index in [0.29, 0.717) is 41.0 Å². The summed E-state index contributed by atoms with van der Waals surface area (Å²) in [4.78, 5) is 25.9. The van der Waals surface area contributed by atoms with Crippen LogP contribution in [0.1, 0.15) is 35.4 Å². The summed E-state index contributed by atoms with van der Waals surface area (Å²) in [6.45, 7) is 2.17. The Morgan fingerprint density at radius 2 is 2.13 bits per heavy atom. The predicted octanol–water partition coefficient (Wildman–Crippen LogP) is 2.83. The number of rotatable bonds is 3. The molecule has 6 nitrogen and oxygen atoms in total. The molecule has 2 heterocycles. The minimum absolute atomic E-state index is 0.290.